The summed E-state index contributed by atoms with van der Waals surface area (Å²) < 4.78 is 53.8. The summed E-state index contributed by atoms with van der Waals surface area (Å²) in [5.74, 6) is -5.49. The molecule has 0 bridgehead atoms. The Balaban J connectivity index is 2.14. The molecule has 2 aromatic rings. The van der Waals surface area contributed by atoms with Crippen LogP contribution in [0.1, 0.15) is 48.4 Å². The number of benzene rings is 2. The predicted molar refractivity (Wildman–Crippen MR) is 88.1 cm³/mol. The second kappa shape index (κ2) is 8.66. The first-order chi connectivity index (χ1) is 12.0. The molecule has 2 rings (SSSR count). The molecule has 0 saturated heterocycles. The maximum atomic E-state index is 13.7. The van der Waals surface area contributed by atoms with Gasteiger partial charge in [-0.3, -0.25) is 0 Å². The first-order valence-electron chi connectivity index (χ1n) is 8.32. The molecule has 0 N–H and O–H groups in total. The summed E-state index contributed by atoms with van der Waals surface area (Å²) in [5, 5.41) is 9.41. The summed E-state index contributed by atoms with van der Waals surface area (Å²) >= 11 is 0. The van der Waals surface area contributed by atoms with Gasteiger partial charge in [-0.2, -0.15) is 5.26 Å². The largest absolute Gasteiger partial charge is 0.204 e. The normalized spacial score (nSPS) is 10.7. The van der Waals surface area contributed by atoms with Crippen LogP contribution in [0.3, 0.4) is 0 Å². The first kappa shape index (κ1) is 19.0. The van der Waals surface area contributed by atoms with Gasteiger partial charge < -0.3 is 0 Å². The number of nitrogens with zero attached hydrogens (tertiary/aromatic N) is 1. The zero-order valence-corrected chi connectivity index (χ0v) is 14.0. The van der Waals surface area contributed by atoms with E-state index in [1.54, 1.807) is 6.07 Å². The molecule has 1 nitrogen and oxygen atoms in total. The van der Waals surface area contributed by atoms with Crippen LogP contribution in [0.5, 0.6) is 0 Å². The fraction of sp³-hybridized carbons (Fsp3) is 0.350. The Morgan fingerprint density at radius 2 is 1.44 bits per heavy atom. The summed E-state index contributed by atoms with van der Waals surface area (Å²) in [5.41, 5.74) is 1.74. The summed E-state index contributed by atoms with van der Waals surface area (Å²) in [6.07, 6.45) is 3.32. The van der Waals surface area contributed by atoms with Crippen molar-refractivity contribution in [2.45, 2.75) is 45.4 Å². The molecule has 0 aliphatic rings. The molecule has 25 heavy (non-hydrogen) atoms. The van der Waals surface area contributed by atoms with Gasteiger partial charge in [0.05, 0.1) is 11.6 Å². The van der Waals surface area contributed by atoms with Crippen molar-refractivity contribution >= 4 is 0 Å². The van der Waals surface area contributed by atoms with Crippen LogP contribution in [0.2, 0.25) is 0 Å². The van der Waals surface area contributed by atoms with Gasteiger partial charge in [0, 0.05) is 11.6 Å². The summed E-state index contributed by atoms with van der Waals surface area (Å²) in [6.45, 7) is 2.07. The minimum atomic E-state index is -1.40. The Hall–Kier alpha value is -2.35. The van der Waals surface area contributed by atoms with Gasteiger partial charge in [-0.05, 0) is 43.2 Å². The van der Waals surface area contributed by atoms with E-state index in [0.717, 1.165) is 30.4 Å². The second-order valence-corrected chi connectivity index (χ2v) is 5.97. The molecule has 0 aromatic heterocycles. The van der Waals surface area contributed by atoms with Crippen LogP contribution in [0.4, 0.5) is 17.6 Å². The Kier molecular flexibility index (Phi) is 6.58. The highest BCUT2D eigenvalue weighted by Gasteiger charge is 2.18. The molecule has 0 unspecified atom stereocenters. The minimum Gasteiger partial charge on any atom is -0.204 e. The van der Waals surface area contributed by atoms with E-state index >= 15 is 0 Å². The molecule has 0 aliphatic carbocycles. The fourth-order valence-corrected chi connectivity index (χ4v) is 2.88. The van der Waals surface area contributed by atoms with Crippen molar-refractivity contribution in [2.24, 2.45) is 0 Å². The predicted octanol–water partition coefficient (Wildman–Crippen LogP) is 5.63. The molecular formula is C20H19F4N. The van der Waals surface area contributed by atoms with Crippen molar-refractivity contribution in [1.82, 2.24) is 0 Å². The molecule has 0 fully saturated rings. The molecular weight excluding hydrogens is 330 g/mol. The molecule has 0 radical (unpaired) electrons. The van der Waals surface area contributed by atoms with Crippen LogP contribution >= 0.6 is 0 Å². The van der Waals surface area contributed by atoms with Crippen molar-refractivity contribution in [3.8, 4) is 6.07 Å². The summed E-state index contributed by atoms with van der Waals surface area (Å²) in [7, 11) is 0. The van der Waals surface area contributed by atoms with E-state index in [2.05, 4.69) is 13.0 Å². The molecule has 132 valence electrons. The van der Waals surface area contributed by atoms with E-state index in [9.17, 15) is 22.8 Å². The molecule has 0 saturated carbocycles. The lowest BCUT2D eigenvalue weighted by Crippen LogP contribution is -2.04. The zero-order valence-electron chi connectivity index (χ0n) is 14.0. The Morgan fingerprint density at radius 1 is 0.880 bits per heavy atom. The molecule has 0 heterocycles. The van der Waals surface area contributed by atoms with Gasteiger partial charge >= 0.3 is 0 Å². The third-order valence-electron chi connectivity index (χ3n) is 4.22. The van der Waals surface area contributed by atoms with Crippen molar-refractivity contribution in [3.05, 3.63) is 69.8 Å². The Bertz CT molecular complexity index is 767. The molecule has 5 heteroatoms. The van der Waals surface area contributed by atoms with Gasteiger partial charge in [0.25, 0.3) is 0 Å². The van der Waals surface area contributed by atoms with Gasteiger partial charge in [0.2, 0.25) is 0 Å². The summed E-state index contributed by atoms with van der Waals surface area (Å²) in [6, 6.07) is 7.95. The SMILES string of the molecule is CCCCc1cccc(CCCc2c(F)c(F)cc(F)c2F)c1C#N. The number of hydrogen-bond acceptors (Lipinski definition) is 1. The van der Waals surface area contributed by atoms with Crippen LogP contribution in [-0.2, 0) is 19.3 Å². The number of aryl methyl sites for hydroxylation is 2. The smallest absolute Gasteiger partial charge is 0.165 e. The van der Waals surface area contributed by atoms with Gasteiger partial charge in [-0.15, -0.1) is 0 Å². The fourth-order valence-electron chi connectivity index (χ4n) is 2.88. The van der Waals surface area contributed by atoms with Gasteiger partial charge in [-0.1, -0.05) is 31.5 Å². The van der Waals surface area contributed by atoms with E-state index in [-0.39, 0.29) is 18.9 Å². The maximum Gasteiger partial charge on any atom is 0.165 e. The van der Waals surface area contributed by atoms with Crippen LogP contribution < -0.4 is 0 Å². The van der Waals surface area contributed by atoms with Gasteiger partial charge in [-0.25, -0.2) is 17.6 Å². The van der Waals surface area contributed by atoms with Crippen LogP contribution in [-0.4, -0.2) is 0 Å². The molecule has 0 spiro atoms. The molecule has 0 aliphatic heterocycles. The molecule has 0 atom stereocenters. The minimum absolute atomic E-state index is 0.142. The van der Waals surface area contributed by atoms with Crippen molar-refractivity contribution < 1.29 is 17.6 Å². The van der Waals surface area contributed by atoms with E-state index in [1.807, 2.05) is 12.1 Å². The average Bonchev–Trinajstić information content (AvgIpc) is 2.61. The Morgan fingerprint density at radius 3 is 1.96 bits per heavy atom. The number of halogens is 4. The second-order valence-electron chi connectivity index (χ2n) is 5.97. The monoisotopic (exact) mass is 349 g/mol. The number of unbranched alkanes of at least 4 members (excludes halogenated alkanes) is 1. The molecule has 0 amide bonds. The number of rotatable bonds is 7. The van der Waals surface area contributed by atoms with E-state index in [0.29, 0.717) is 12.0 Å². The highest BCUT2D eigenvalue weighted by molar-refractivity contribution is 5.44. The average molecular weight is 349 g/mol. The quantitative estimate of drug-likeness (QED) is 0.469. The lowest BCUT2D eigenvalue weighted by atomic mass is 9.94. The lowest BCUT2D eigenvalue weighted by molar-refractivity contribution is 0.437. The van der Waals surface area contributed by atoms with Crippen molar-refractivity contribution in [1.29, 1.82) is 5.26 Å². The Labute approximate surface area is 144 Å². The number of nitriles is 1. The zero-order chi connectivity index (χ0) is 18.4. The van der Waals surface area contributed by atoms with Crippen molar-refractivity contribution in [3.63, 3.8) is 0 Å². The lowest BCUT2D eigenvalue weighted by Gasteiger charge is -2.10. The maximum absolute atomic E-state index is 13.7. The summed E-state index contributed by atoms with van der Waals surface area (Å²) in [4.78, 5) is 0. The highest BCUT2D eigenvalue weighted by Crippen LogP contribution is 2.23. The van der Waals surface area contributed by atoms with Crippen LogP contribution in [0.15, 0.2) is 24.3 Å². The van der Waals surface area contributed by atoms with E-state index in [4.69, 9.17) is 0 Å². The van der Waals surface area contributed by atoms with E-state index in [1.165, 1.54) is 0 Å². The van der Waals surface area contributed by atoms with Gasteiger partial charge in [0.15, 0.2) is 23.3 Å². The standard InChI is InChI=1S/C20H19F4N/c1-2-3-6-13-7-4-8-14(16(13)12-25)9-5-10-15-19(23)17(21)11-18(22)20(15)24/h4,7-8,11H,2-3,5-6,9-10H2,1H3. The third kappa shape index (κ3) is 4.39. The third-order valence-corrected chi connectivity index (χ3v) is 4.22. The first-order valence-corrected chi connectivity index (χ1v) is 8.32. The van der Waals surface area contributed by atoms with Crippen LogP contribution in [0, 0.1) is 34.6 Å². The topological polar surface area (TPSA) is 23.8 Å². The van der Waals surface area contributed by atoms with Crippen molar-refractivity contribution in [2.75, 3.05) is 0 Å². The highest BCUT2D eigenvalue weighted by atomic mass is 19.2. The van der Waals surface area contributed by atoms with E-state index < -0.39 is 28.8 Å². The molecule has 2 aromatic carbocycles. The number of hydrogen-bond donors (Lipinski definition) is 0. The van der Waals surface area contributed by atoms with Crippen LogP contribution in [0.25, 0.3) is 0 Å². The van der Waals surface area contributed by atoms with Gasteiger partial charge in [0.1, 0.15) is 0 Å².